The Bertz CT molecular complexity index is 540. The minimum Gasteiger partial charge on any atom is -0.492 e. The van der Waals surface area contributed by atoms with Gasteiger partial charge < -0.3 is 29.7 Å². The first-order chi connectivity index (χ1) is 14.2. The second-order valence-electron chi connectivity index (χ2n) is 6.60. The number of hydrogen-bond acceptors (Lipinski definition) is 5. The molecule has 0 aromatic heterocycles. The Hall–Kier alpha value is -1.10. The van der Waals surface area contributed by atoms with Gasteiger partial charge in [-0.3, -0.25) is 0 Å². The first-order valence-corrected chi connectivity index (χ1v) is 10.8. The summed E-state index contributed by atoms with van der Waals surface area (Å²) in [5.41, 5.74) is 1.15. The molecule has 8 heteroatoms. The molecule has 0 aliphatic carbocycles. The number of rotatable bonds is 16. The average molecular weight is 536 g/mol. The molecule has 0 bridgehead atoms. The van der Waals surface area contributed by atoms with Crippen molar-refractivity contribution in [1.82, 2.24) is 15.5 Å². The molecule has 30 heavy (non-hydrogen) atoms. The predicted octanol–water partition coefficient (Wildman–Crippen LogP) is 3.13. The molecule has 0 fully saturated rings. The number of hydrogen-bond donors (Lipinski definition) is 2. The minimum absolute atomic E-state index is 0. The lowest BCUT2D eigenvalue weighted by atomic mass is 10.2. The number of guanidine groups is 1. The van der Waals surface area contributed by atoms with Crippen LogP contribution in [0.2, 0.25) is 0 Å². The lowest BCUT2D eigenvalue weighted by Crippen LogP contribution is -2.38. The molecule has 174 valence electrons. The van der Waals surface area contributed by atoms with Crippen LogP contribution in [0.15, 0.2) is 29.3 Å². The number of ether oxygens (including phenoxy) is 3. The van der Waals surface area contributed by atoms with Crippen LogP contribution >= 0.6 is 24.0 Å². The van der Waals surface area contributed by atoms with E-state index >= 15 is 0 Å². The SMILES string of the molecule is CCNC(=NCc1ccc(OCCN(CC)CC)cc1)NCCCOCCOC.I. The summed E-state index contributed by atoms with van der Waals surface area (Å²) in [6.45, 7) is 14.4. The molecule has 0 saturated carbocycles. The molecule has 0 spiro atoms. The number of nitrogens with zero attached hydrogens (tertiary/aromatic N) is 2. The van der Waals surface area contributed by atoms with Gasteiger partial charge in [0.1, 0.15) is 12.4 Å². The van der Waals surface area contributed by atoms with Gasteiger partial charge in [0, 0.05) is 33.4 Å². The summed E-state index contributed by atoms with van der Waals surface area (Å²) < 4.78 is 16.3. The fourth-order valence-electron chi connectivity index (χ4n) is 2.66. The molecule has 0 unspecified atom stereocenters. The molecule has 1 aromatic carbocycles. The highest BCUT2D eigenvalue weighted by Gasteiger charge is 2.01. The Morgan fingerprint density at radius 3 is 2.33 bits per heavy atom. The van der Waals surface area contributed by atoms with Crippen LogP contribution in [-0.4, -0.2) is 77.1 Å². The zero-order valence-corrected chi connectivity index (χ0v) is 21.4. The van der Waals surface area contributed by atoms with Crippen molar-refractivity contribution in [1.29, 1.82) is 0 Å². The first-order valence-electron chi connectivity index (χ1n) is 10.8. The third-order valence-corrected chi connectivity index (χ3v) is 4.45. The van der Waals surface area contributed by atoms with Gasteiger partial charge in [-0.05, 0) is 44.1 Å². The molecule has 7 nitrogen and oxygen atoms in total. The van der Waals surface area contributed by atoms with Crippen molar-refractivity contribution in [2.45, 2.75) is 33.7 Å². The van der Waals surface area contributed by atoms with Crippen LogP contribution < -0.4 is 15.4 Å². The summed E-state index contributed by atoms with van der Waals surface area (Å²) in [5.74, 6) is 1.73. The summed E-state index contributed by atoms with van der Waals surface area (Å²) >= 11 is 0. The molecular formula is C22H41IN4O3. The highest BCUT2D eigenvalue weighted by Crippen LogP contribution is 2.13. The monoisotopic (exact) mass is 536 g/mol. The lowest BCUT2D eigenvalue weighted by Gasteiger charge is -2.18. The van der Waals surface area contributed by atoms with Crippen molar-refractivity contribution in [3.8, 4) is 5.75 Å². The fraction of sp³-hybridized carbons (Fsp3) is 0.682. The fourth-order valence-corrected chi connectivity index (χ4v) is 2.66. The van der Waals surface area contributed by atoms with E-state index in [9.17, 15) is 0 Å². The zero-order valence-electron chi connectivity index (χ0n) is 19.1. The molecule has 2 N–H and O–H groups in total. The van der Waals surface area contributed by atoms with Crippen LogP contribution in [0.5, 0.6) is 5.75 Å². The lowest BCUT2D eigenvalue weighted by molar-refractivity contribution is 0.0698. The zero-order chi connectivity index (χ0) is 21.2. The van der Waals surface area contributed by atoms with Gasteiger partial charge in [0.05, 0.1) is 19.8 Å². The molecule has 0 aliphatic rings. The molecule has 0 atom stereocenters. The van der Waals surface area contributed by atoms with Crippen LogP contribution in [0.3, 0.4) is 0 Å². The minimum atomic E-state index is 0. The van der Waals surface area contributed by atoms with Crippen molar-refractivity contribution in [3.63, 3.8) is 0 Å². The van der Waals surface area contributed by atoms with Gasteiger partial charge in [-0.15, -0.1) is 24.0 Å². The Labute approximate surface area is 200 Å². The molecule has 0 amide bonds. The van der Waals surface area contributed by atoms with Crippen LogP contribution in [0.4, 0.5) is 0 Å². The summed E-state index contributed by atoms with van der Waals surface area (Å²) in [6.07, 6.45) is 0.924. The third-order valence-electron chi connectivity index (χ3n) is 4.45. The normalized spacial score (nSPS) is 11.3. The summed E-state index contributed by atoms with van der Waals surface area (Å²) in [5, 5.41) is 6.61. The van der Waals surface area contributed by atoms with E-state index in [1.54, 1.807) is 7.11 Å². The Kier molecular flexibility index (Phi) is 19.1. The summed E-state index contributed by atoms with van der Waals surface area (Å²) in [4.78, 5) is 7.01. The number of halogens is 1. The van der Waals surface area contributed by atoms with Gasteiger partial charge >= 0.3 is 0 Å². The van der Waals surface area contributed by atoms with E-state index in [1.165, 1.54) is 0 Å². The van der Waals surface area contributed by atoms with Crippen molar-refractivity contribution in [2.75, 3.05) is 66.3 Å². The van der Waals surface area contributed by atoms with E-state index in [-0.39, 0.29) is 24.0 Å². The molecule has 0 radical (unpaired) electrons. The Morgan fingerprint density at radius 1 is 0.967 bits per heavy atom. The highest BCUT2D eigenvalue weighted by atomic mass is 127. The number of likely N-dealkylation sites (N-methyl/N-ethyl adjacent to an activating group) is 1. The largest absolute Gasteiger partial charge is 0.492 e. The van der Waals surface area contributed by atoms with E-state index in [0.29, 0.717) is 33.0 Å². The van der Waals surface area contributed by atoms with Crippen molar-refractivity contribution >= 4 is 29.9 Å². The predicted molar refractivity (Wildman–Crippen MR) is 135 cm³/mol. The standard InChI is InChI=1S/C22H40N4O3.HI/c1-5-23-22(24-13-8-15-28-18-17-27-4)25-19-20-9-11-21(12-10-20)29-16-14-26(6-2)7-3;/h9-12H,5-8,13-19H2,1-4H3,(H2,23,24,25);1H. The van der Waals surface area contributed by atoms with E-state index < -0.39 is 0 Å². The van der Waals surface area contributed by atoms with E-state index in [2.05, 4.69) is 53.4 Å². The van der Waals surface area contributed by atoms with E-state index in [0.717, 1.165) is 56.4 Å². The summed E-state index contributed by atoms with van der Waals surface area (Å²) in [7, 11) is 1.68. The van der Waals surface area contributed by atoms with Crippen LogP contribution in [-0.2, 0) is 16.0 Å². The van der Waals surface area contributed by atoms with E-state index in [4.69, 9.17) is 14.2 Å². The van der Waals surface area contributed by atoms with Gasteiger partial charge in [-0.2, -0.15) is 0 Å². The van der Waals surface area contributed by atoms with Gasteiger partial charge in [0.2, 0.25) is 0 Å². The molecule has 0 saturated heterocycles. The van der Waals surface area contributed by atoms with Gasteiger partial charge in [-0.25, -0.2) is 4.99 Å². The van der Waals surface area contributed by atoms with Gasteiger partial charge in [0.15, 0.2) is 5.96 Å². The molecule has 1 aromatic rings. The van der Waals surface area contributed by atoms with Crippen LogP contribution in [0, 0.1) is 0 Å². The van der Waals surface area contributed by atoms with Crippen molar-refractivity contribution in [2.24, 2.45) is 4.99 Å². The molecule has 0 aliphatic heterocycles. The number of methoxy groups -OCH3 is 1. The average Bonchev–Trinajstić information content (AvgIpc) is 2.75. The maximum atomic E-state index is 5.84. The molecular weight excluding hydrogens is 495 g/mol. The quantitative estimate of drug-likeness (QED) is 0.147. The number of benzene rings is 1. The van der Waals surface area contributed by atoms with Crippen LogP contribution in [0.25, 0.3) is 0 Å². The highest BCUT2D eigenvalue weighted by molar-refractivity contribution is 14.0. The molecule has 1 rings (SSSR count). The van der Waals surface area contributed by atoms with E-state index in [1.807, 2.05) is 12.1 Å². The Balaban J connectivity index is 0.00000841. The van der Waals surface area contributed by atoms with Crippen molar-refractivity contribution in [3.05, 3.63) is 29.8 Å². The summed E-state index contributed by atoms with van der Waals surface area (Å²) in [6, 6.07) is 8.18. The maximum absolute atomic E-state index is 5.84. The molecule has 0 heterocycles. The number of aliphatic imine (C=N–C) groups is 1. The van der Waals surface area contributed by atoms with Crippen LogP contribution in [0.1, 0.15) is 32.8 Å². The Morgan fingerprint density at radius 2 is 1.70 bits per heavy atom. The van der Waals surface area contributed by atoms with Gasteiger partial charge in [-0.1, -0.05) is 26.0 Å². The third kappa shape index (κ3) is 14.0. The smallest absolute Gasteiger partial charge is 0.191 e. The van der Waals surface area contributed by atoms with Gasteiger partial charge in [0.25, 0.3) is 0 Å². The number of nitrogens with one attached hydrogen (secondary N) is 2. The topological polar surface area (TPSA) is 67.4 Å². The van der Waals surface area contributed by atoms with Crippen molar-refractivity contribution < 1.29 is 14.2 Å². The second kappa shape index (κ2) is 19.8. The first kappa shape index (κ1) is 28.9. The maximum Gasteiger partial charge on any atom is 0.191 e. The second-order valence-corrected chi connectivity index (χ2v) is 6.60.